The maximum Gasteiger partial charge on any atom is 0.311 e. The number of hydrogen-bond acceptors (Lipinski definition) is 2. The van der Waals surface area contributed by atoms with Gasteiger partial charge in [0.1, 0.15) is 5.75 Å². The molecular weight excluding hydrogens is 300 g/mol. The third kappa shape index (κ3) is 4.50. The highest BCUT2D eigenvalue weighted by Crippen LogP contribution is 2.25. The second-order valence-electron chi connectivity index (χ2n) is 5.14. The van der Waals surface area contributed by atoms with Gasteiger partial charge in [0.15, 0.2) is 0 Å². The molecule has 1 atom stereocenters. The standard InChI is InChI=1S/C18H19ClO3/c1-2-10-22-16-5-3-4-13(11-16)12-17(18(20)21)14-6-8-15(19)9-7-14/h3-9,11,17H,2,10,12H2,1H3,(H,20,21). The summed E-state index contributed by atoms with van der Waals surface area (Å²) in [6.07, 6.45) is 1.35. The summed E-state index contributed by atoms with van der Waals surface area (Å²) in [7, 11) is 0. The molecule has 0 aliphatic rings. The van der Waals surface area contributed by atoms with Crippen molar-refractivity contribution >= 4 is 17.6 Å². The fraction of sp³-hybridized carbons (Fsp3) is 0.278. The molecule has 22 heavy (non-hydrogen) atoms. The summed E-state index contributed by atoms with van der Waals surface area (Å²) in [5.74, 6) is -0.666. The van der Waals surface area contributed by atoms with E-state index < -0.39 is 11.9 Å². The second kappa shape index (κ2) is 7.85. The normalized spacial score (nSPS) is 11.9. The van der Waals surface area contributed by atoms with E-state index in [1.807, 2.05) is 31.2 Å². The quantitative estimate of drug-likeness (QED) is 0.815. The van der Waals surface area contributed by atoms with Crippen molar-refractivity contribution in [2.75, 3.05) is 6.61 Å². The van der Waals surface area contributed by atoms with Crippen molar-refractivity contribution in [2.45, 2.75) is 25.7 Å². The number of benzene rings is 2. The molecule has 0 radical (unpaired) electrons. The number of hydrogen-bond donors (Lipinski definition) is 1. The molecule has 0 fully saturated rings. The Morgan fingerprint density at radius 3 is 2.59 bits per heavy atom. The topological polar surface area (TPSA) is 46.5 Å². The number of carboxylic acid groups (broad SMARTS) is 1. The predicted octanol–water partition coefficient (Wildman–Crippen LogP) is 4.54. The zero-order chi connectivity index (χ0) is 15.9. The van der Waals surface area contributed by atoms with Gasteiger partial charge in [0.25, 0.3) is 0 Å². The minimum absolute atomic E-state index is 0.417. The molecule has 2 aromatic rings. The first-order chi connectivity index (χ1) is 10.6. The van der Waals surface area contributed by atoms with Crippen molar-refractivity contribution < 1.29 is 14.6 Å². The minimum atomic E-state index is -0.845. The number of carbonyl (C=O) groups is 1. The molecule has 1 N–H and O–H groups in total. The molecule has 0 amide bonds. The van der Waals surface area contributed by atoms with E-state index >= 15 is 0 Å². The largest absolute Gasteiger partial charge is 0.494 e. The maximum atomic E-state index is 11.6. The van der Waals surface area contributed by atoms with Crippen molar-refractivity contribution in [3.05, 3.63) is 64.7 Å². The lowest BCUT2D eigenvalue weighted by Crippen LogP contribution is -2.14. The van der Waals surface area contributed by atoms with Crippen molar-refractivity contribution in [3.8, 4) is 5.75 Å². The molecule has 0 spiro atoms. The van der Waals surface area contributed by atoms with Crippen LogP contribution in [0.4, 0.5) is 0 Å². The lowest BCUT2D eigenvalue weighted by atomic mass is 9.92. The first-order valence-electron chi connectivity index (χ1n) is 7.30. The van der Waals surface area contributed by atoms with Crippen LogP contribution >= 0.6 is 11.6 Å². The smallest absolute Gasteiger partial charge is 0.311 e. The number of carboxylic acids is 1. The number of aliphatic carboxylic acids is 1. The highest BCUT2D eigenvalue weighted by atomic mass is 35.5. The van der Waals surface area contributed by atoms with Gasteiger partial charge < -0.3 is 9.84 Å². The second-order valence-corrected chi connectivity index (χ2v) is 5.58. The van der Waals surface area contributed by atoms with Crippen LogP contribution in [0.25, 0.3) is 0 Å². The van der Waals surface area contributed by atoms with Gasteiger partial charge in [0.05, 0.1) is 12.5 Å². The Morgan fingerprint density at radius 2 is 1.95 bits per heavy atom. The van der Waals surface area contributed by atoms with Crippen molar-refractivity contribution in [1.82, 2.24) is 0 Å². The van der Waals surface area contributed by atoms with E-state index in [1.54, 1.807) is 24.3 Å². The number of halogens is 1. The summed E-state index contributed by atoms with van der Waals surface area (Å²) in [6, 6.07) is 14.6. The minimum Gasteiger partial charge on any atom is -0.494 e. The highest BCUT2D eigenvalue weighted by molar-refractivity contribution is 6.30. The maximum absolute atomic E-state index is 11.6. The molecule has 116 valence electrons. The molecule has 1 unspecified atom stereocenters. The molecule has 3 nitrogen and oxygen atoms in total. The number of rotatable bonds is 7. The Balaban J connectivity index is 2.17. The fourth-order valence-electron chi connectivity index (χ4n) is 2.26. The highest BCUT2D eigenvalue weighted by Gasteiger charge is 2.20. The summed E-state index contributed by atoms with van der Waals surface area (Å²) < 4.78 is 5.59. The number of ether oxygens (including phenoxy) is 1. The Bertz CT molecular complexity index is 622. The molecule has 0 saturated heterocycles. The fourth-order valence-corrected chi connectivity index (χ4v) is 2.39. The molecule has 4 heteroatoms. The molecule has 0 aliphatic carbocycles. The summed E-state index contributed by atoms with van der Waals surface area (Å²) in [6.45, 7) is 2.70. The van der Waals surface area contributed by atoms with Crippen LogP contribution in [0.2, 0.25) is 5.02 Å². The zero-order valence-corrected chi connectivity index (χ0v) is 13.2. The zero-order valence-electron chi connectivity index (χ0n) is 12.5. The van der Waals surface area contributed by atoms with Crippen molar-refractivity contribution in [3.63, 3.8) is 0 Å². The monoisotopic (exact) mass is 318 g/mol. The summed E-state index contributed by atoms with van der Waals surface area (Å²) in [5, 5.41) is 10.1. The van der Waals surface area contributed by atoms with E-state index in [2.05, 4.69) is 0 Å². The third-order valence-electron chi connectivity index (χ3n) is 3.38. The Morgan fingerprint density at radius 1 is 1.23 bits per heavy atom. The molecule has 0 bridgehead atoms. The average molecular weight is 319 g/mol. The van der Waals surface area contributed by atoms with Gasteiger partial charge in [-0.15, -0.1) is 0 Å². The van der Waals surface area contributed by atoms with E-state index in [-0.39, 0.29) is 0 Å². The van der Waals surface area contributed by atoms with Crippen LogP contribution in [0.5, 0.6) is 5.75 Å². The first kappa shape index (κ1) is 16.4. The molecule has 0 heterocycles. The third-order valence-corrected chi connectivity index (χ3v) is 3.63. The van der Waals surface area contributed by atoms with E-state index in [1.165, 1.54) is 0 Å². The van der Waals surface area contributed by atoms with Gasteiger partial charge in [-0.25, -0.2) is 0 Å². The summed E-state index contributed by atoms with van der Waals surface area (Å²) in [5.41, 5.74) is 1.69. The summed E-state index contributed by atoms with van der Waals surface area (Å²) >= 11 is 5.86. The Kier molecular flexibility index (Phi) is 5.84. The predicted molar refractivity (Wildman–Crippen MR) is 87.8 cm³/mol. The molecular formula is C18H19ClO3. The van der Waals surface area contributed by atoms with E-state index in [9.17, 15) is 9.90 Å². The van der Waals surface area contributed by atoms with Crippen molar-refractivity contribution in [2.24, 2.45) is 0 Å². The van der Waals surface area contributed by atoms with E-state index in [4.69, 9.17) is 16.3 Å². The van der Waals surface area contributed by atoms with Gasteiger partial charge in [-0.3, -0.25) is 4.79 Å². The van der Waals surface area contributed by atoms with E-state index in [0.29, 0.717) is 18.1 Å². The van der Waals surface area contributed by atoms with Gasteiger partial charge in [0.2, 0.25) is 0 Å². The first-order valence-corrected chi connectivity index (χ1v) is 7.68. The van der Waals surface area contributed by atoms with Gasteiger partial charge in [-0.05, 0) is 48.2 Å². The van der Waals surface area contributed by atoms with Crippen LogP contribution in [0.3, 0.4) is 0 Å². The van der Waals surface area contributed by atoms with Crippen LogP contribution in [-0.2, 0) is 11.2 Å². The van der Waals surface area contributed by atoms with Crippen molar-refractivity contribution in [1.29, 1.82) is 0 Å². The average Bonchev–Trinajstić information content (AvgIpc) is 2.52. The van der Waals surface area contributed by atoms with Gasteiger partial charge in [0, 0.05) is 5.02 Å². The molecule has 0 saturated carbocycles. The van der Waals surface area contributed by atoms with Crippen LogP contribution in [0.15, 0.2) is 48.5 Å². The van der Waals surface area contributed by atoms with Gasteiger partial charge in [-0.2, -0.15) is 0 Å². The lowest BCUT2D eigenvalue weighted by molar-refractivity contribution is -0.138. The van der Waals surface area contributed by atoms with Crippen LogP contribution in [0.1, 0.15) is 30.4 Å². The molecule has 0 aliphatic heterocycles. The molecule has 0 aromatic heterocycles. The Labute approximate surface area is 135 Å². The van der Waals surface area contributed by atoms with Gasteiger partial charge in [-0.1, -0.05) is 42.8 Å². The van der Waals surface area contributed by atoms with Crippen LogP contribution < -0.4 is 4.74 Å². The Hall–Kier alpha value is -2.00. The van der Waals surface area contributed by atoms with Crippen LogP contribution in [-0.4, -0.2) is 17.7 Å². The SMILES string of the molecule is CCCOc1cccc(CC(C(=O)O)c2ccc(Cl)cc2)c1. The lowest BCUT2D eigenvalue weighted by Gasteiger charge is -2.14. The molecule has 2 rings (SSSR count). The van der Waals surface area contributed by atoms with Gasteiger partial charge >= 0.3 is 5.97 Å². The van der Waals surface area contributed by atoms with E-state index in [0.717, 1.165) is 23.3 Å². The van der Waals surface area contributed by atoms with Crippen LogP contribution in [0, 0.1) is 0 Å². The summed E-state index contributed by atoms with van der Waals surface area (Å²) in [4.78, 5) is 11.6. The molecule has 2 aromatic carbocycles.